The first kappa shape index (κ1) is 14.0. The summed E-state index contributed by atoms with van der Waals surface area (Å²) in [5.74, 6) is 0. The topological polar surface area (TPSA) is 50.1 Å². The summed E-state index contributed by atoms with van der Waals surface area (Å²) in [6.07, 6.45) is 4.29. The average molecular weight is 316 g/mol. The highest BCUT2D eigenvalue weighted by atomic mass is 79.9. The fourth-order valence-corrected chi connectivity index (χ4v) is 3.16. The summed E-state index contributed by atoms with van der Waals surface area (Å²) in [6, 6.07) is 0. The van der Waals surface area contributed by atoms with Gasteiger partial charge in [-0.1, -0.05) is 6.92 Å². The van der Waals surface area contributed by atoms with Crippen LogP contribution in [0.3, 0.4) is 0 Å². The molecule has 1 fully saturated rings. The molecule has 1 aromatic rings. The van der Waals surface area contributed by atoms with Gasteiger partial charge < -0.3 is 10.4 Å². The van der Waals surface area contributed by atoms with E-state index in [0.29, 0.717) is 0 Å². The molecule has 1 aliphatic carbocycles. The minimum absolute atomic E-state index is 0.0470. The Bertz CT molecular complexity index is 407. The molecule has 0 bridgehead atoms. The van der Waals surface area contributed by atoms with E-state index in [2.05, 4.69) is 40.2 Å². The van der Waals surface area contributed by atoms with Gasteiger partial charge in [-0.05, 0) is 48.5 Å². The molecule has 1 aromatic heterocycles. The Morgan fingerprint density at radius 1 is 1.44 bits per heavy atom. The first-order valence-corrected chi connectivity index (χ1v) is 7.55. The molecule has 4 nitrogen and oxygen atoms in total. The van der Waals surface area contributed by atoms with Crippen LogP contribution in [0.1, 0.15) is 44.5 Å². The number of hydrogen-bond acceptors (Lipinski definition) is 3. The first-order valence-electron chi connectivity index (χ1n) is 6.75. The number of hydrogen-bond donors (Lipinski definition) is 2. The SMILES string of the molecule is CCc1nn(CC)c(CNC2(CO)CCC2)c1Br. The van der Waals surface area contributed by atoms with Gasteiger partial charge in [0.05, 0.1) is 22.5 Å². The average Bonchev–Trinajstić information content (AvgIpc) is 2.65. The van der Waals surface area contributed by atoms with Crippen LogP contribution in [0, 0.1) is 0 Å². The van der Waals surface area contributed by atoms with Crippen LogP contribution in [0.5, 0.6) is 0 Å². The van der Waals surface area contributed by atoms with Crippen molar-refractivity contribution in [3.63, 3.8) is 0 Å². The van der Waals surface area contributed by atoms with Gasteiger partial charge in [0.2, 0.25) is 0 Å². The van der Waals surface area contributed by atoms with Crippen molar-refractivity contribution < 1.29 is 5.11 Å². The lowest BCUT2D eigenvalue weighted by Gasteiger charge is -2.41. The van der Waals surface area contributed by atoms with Crippen LogP contribution in [0.2, 0.25) is 0 Å². The van der Waals surface area contributed by atoms with Crippen molar-refractivity contribution in [2.45, 2.75) is 58.2 Å². The maximum Gasteiger partial charge on any atom is 0.0767 e. The lowest BCUT2D eigenvalue weighted by Crippen LogP contribution is -2.53. The smallest absolute Gasteiger partial charge is 0.0767 e. The van der Waals surface area contributed by atoms with Gasteiger partial charge in [0.1, 0.15) is 0 Å². The molecular weight excluding hydrogens is 294 g/mol. The van der Waals surface area contributed by atoms with Gasteiger partial charge in [-0.3, -0.25) is 4.68 Å². The third kappa shape index (κ3) is 2.49. The summed E-state index contributed by atoms with van der Waals surface area (Å²) in [5.41, 5.74) is 2.25. The molecular formula is C13H22BrN3O. The maximum atomic E-state index is 9.47. The van der Waals surface area contributed by atoms with Crippen molar-refractivity contribution in [3.8, 4) is 0 Å². The molecule has 2 rings (SSSR count). The first-order chi connectivity index (χ1) is 8.65. The van der Waals surface area contributed by atoms with Crippen LogP contribution in [0.25, 0.3) is 0 Å². The Kier molecular flexibility index (Phi) is 4.45. The summed E-state index contributed by atoms with van der Waals surface area (Å²) < 4.78 is 3.16. The molecule has 0 aromatic carbocycles. The highest BCUT2D eigenvalue weighted by Crippen LogP contribution is 2.32. The Balaban J connectivity index is 2.10. The molecule has 0 radical (unpaired) electrons. The number of nitrogens with zero attached hydrogens (tertiary/aromatic N) is 2. The molecule has 1 heterocycles. The standard InChI is InChI=1S/C13H22BrN3O/c1-3-10-12(14)11(17(4-2)16-10)8-15-13(9-18)6-5-7-13/h15,18H,3-9H2,1-2H3. The summed E-state index contributed by atoms with van der Waals surface area (Å²) in [6.45, 7) is 6.09. The largest absolute Gasteiger partial charge is 0.394 e. The van der Waals surface area contributed by atoms with Gasteiger partial charge in [-0.25, -0.2) is 0 Å². The normalized spacial score (nSPS) is 17.8. The molecule has 1 aliphatic rings. The number of aliphatic hydroxyl groups excluding tert-OH is 1. The summed E-state index contributed by atoms with van der Waals surface area (Å²) in [7, 11) is 0. The van der Waals surface area contributed by atoms with Crippen LogP contribution >= 0.6 is 15.9 Å². The molecule has 2 N–H and O–H groups in total. The molecule has 0 spiro atoms. The minimum atomic E-state index is -0.0470. The molecule has 0 saturated heterocycles. The number of aliphatic hydroxyl groups is 1. The van der Waals surface area contributed by atoms with Gasteiger partial charge in [-0.15, -0.1) is 0 Å². The Labute approximate surface area is 117 Å². The van der Waals surface area contributed by atoms with E-state index in [0.717, 1.165) is 42.5 Å². The second-order valence-corrected chi connectivity index (χ2v) is 5.82. The monoisotopic (exact) mass is 315 g/mol. The molecule has 1 saturated carbocycles. The highest BCUT2D eigenvalue weighted by molar-refractivity contribution is 9.10. The Hall–Kier alpha value is -0.390. The fourth-order valence-electron chi connectivity index (χ4n) is 2.45. The molecule has 5 heteroatoms. The Morgan fingerprint density at radius 2 is 2.17 bits per heavy atom. The van der Waals surface area contributed by atoms with Crippen molar-refractivity contribution in [1.29, 1.82) is 0 Å². The predicted octanol–water partition coefficient (Wildman–Crippen LogP) is 2.23. The minimum Gasteiger partial charge on any atom is -0.394 e. The number of halogens is 1. The van der Waals surface area contributed by atoms with E-state index in [1.54, 1.807) is 0 Å². The van der Waals surface area contributed by atoms with Gasteiger partial charge in [0, 0.05) is 18.6 Å². The second-order valence-electron chi connectivity index (χ2n) is 5.02. The predicted molar refractivity (Wildman–Crippen MR) is 75.5 cm³/mol. The van der Waals surface area contributed by atoms with E-state index in [9.17, 15) is 5.11 Å². The third-order valence-electron chi connectivity index (χ3n) is 3.94. The van der Waals surface area contributed by atoms with Crippen molar-refractivity contribution in [2.24, 2.45) is 0 Å². The lowest BCUT2D eigenvalue weighted by molar-refractivity contribution is 0.0864. The molecule has 18 heavy (non-hydrogen) atoms. The van der Waals surface area contributed by atoms with Crippen molar-refractivity contribution in [2.75, 3.05) is 6.61 Å². The van der Waals surface area contributed by atoms with Gasteiger partial charge in [0.15, 0.2) is 0 Å². The number of aryl methyl sites for hydroxylation is 2. The quantitative estimate of drug-likeness (QED) is 0.846. The zero-order chi connectivity index (χ0) is 13.2. The number of rotatable bonds is 6. The van der Waals surface area contributed by atoms with Crippen LogP contribution in [-0.2, 0) is 19.5 Å². The second kappa shape index (κ2) is 5.72. The molecule has 0 amide bonds. The zero-order valence-electron chi connectivity index (χ0n) is 11.2. The van der Waals surface area contributed by atoms with E-state index in [1.807, 2.05) is 4.68 Å². The number of aromatic nitrogens is 2. The van der Waals surface area contributed by atoms with Crippen LogP contribution < -0.4 is 5.32 Å². The van der Waals surface area contributed by atoms with Gasteiger partial charge in [0.25, 0.3) is 0 Å². The van der Waals surface area contributed by atoms with Gasteiger partial charge >= 0.3 is 0 Å². The van der Waals surface area contributed by atoms with Crippen molar-refractivity contribution in [1.82, 2.24) is 15.1 Å². The van der Waals surface area contributed by atoms with Crippen LogP contribution in [0.4, 0.5) is 0 Å². The molecule has 102 valence electrons. The molecule has 0 atom stereocenters. The maximum absolute atomic E-state index is 9.47. The summed E-state index contributed by atoms with van der Waals surface area (Å²) in [4.78, 5) is 0. The molecule has 0 aliphatic heterocycles. The zero-order valence-corrected chi connectivity index (χ0v) is 12.8. The van der Waals surface area contributed by atoms with E-state index < -0.39 is 0 Å². The van der Waals surface area contributed by atoms with Crippen LogP contribution in [0.15, 0.2) is 4.47 Å². The van der Waals surface area contributed by atoms with E-state index in [1.165, 1.54) is 12.1 Å². The fraction of sp³-hybridized carbons (Fsp3) is 0.769. The van der Waals surface area contributed by atoms with Crippen LogP contribution in [-0.4, -0.2) is 27.0 Å². The van der Waals surface area contributed by atoms with Gasteiger partial charge in [-0.2, -0.15) is 5.10 Å². The Morgan fingerprint density at radius 3 is 2.61 bits per heavy atom. The van der Waals surface area contributed by atoms with Crippen molar-refractivity contribution >= 4 is 15.9 Å². The molecule has 0 unspecified atom stereocenters. The summed E-state index contributed by atoms with van der Waals surface area (Å²) in [5, 5.41) is 17.6. The lowest BCUT2D eigenvalue weighted by atomic mass is 9.77. The third-order valence-corrected chi connectivity index (χ3v) is 4.85. The summed E-state index contributed by atoms with van der Waals surface area (Å²) >= 11 is 3.65. The van der Waals surface area contributed by atoms with E-state index in [4.69, 9.17) is 0 Å². The van der Waals surface area contributed by atoms with E-state index in [-0.39, 0.29) is 12.1 Å². The van der Waals surface area contributed by atoms with E-state index >= 15 is 0 Å². The number of nitrogens with one attached hydrogen (secondary N) is 1. The highest BCUT2D eigenvalue weighted by Gasteiger charge is 2.36. The van der Waals surface area contributed by atoms with Crippen molar-refractivity contribution in [3.05, 3.63) is 15.9 Å².